The number of ether oxygens (including phenoxy) is 1. The van der Waals surface area contributed by atoms with Crippen molar-refractivity contribution in [2.24, 2.45) is 0 Å². The Kier molecular flexibility index (Phi) is 4.94. The van der Waals surface area contributed by atoms with Crippen LogP contribution in [0.2, 0.25) is 0 Å². The van der Waals surface area contributed by atoms with E-state index in [0.717, 1.165) is 34.0 Å². The number of nitriles is 1. The lowest BCUT2D eigenvalue weighted by atomic mass is 10.2. The smallest absolute Gasteiger partial charge is 0.406 e. The Morgan fingerprint density at radius 2 is 1.90 bits per heavy atom. The zero-order valence-corrected chi connectivity index (χ0v) is 16.1. The van der Waals surface area contributed by atoms with E-state index in [1.54, 1.807) is 0 Å². The van der Waals surface area contributed by atoms with Gasteiger partial charge in [0.15, 0.2) is 5.16 Å². The van der Waals surface area contributed by atoms with Gasteiger partial charge in [-0.05, 0) is 30.3 Å². The largest absolute Gasteiger partial charge is 0.573 e. The number of alkyl halides is 3. The topological polar surface area (TPSA) is 67.9 Å². The molecule has 4 rings (SSSR count). The number of hydrogen-bond acceptors (Lipinski definition) is 6. The monoisotopic (exact) mass is 433 g/mol. The van der Waals surface area contributed by atoms with Crippen LogP contribution in [0.1, 0.15) is 0 Å². The van der Waals surface area contributed by atoms with Gasteiger partial charge in [-0.25, -0.2) is 4.98 Å². The molecule has 0 unspecified atom stereocenters. The number of halogens is 3. The first kappa shape index (κ1) is 19.3. The molecule has 0 aliphatic heterocycles. The lowest BCUT2D eigenvalue weighted by Crippen LogP contribution is -2.21. The fraction of sp³-hybridized carbons (Fsp3) is 0.105. The molecule has 0 saturated heterocycles. The number of thioether (sulfide) groups is 1. The van der Waals surface area contributed by atoms with Gasteiger partial charge < -0.3 is 4.74 Å². The van der Waals surface area contributed by atoms with Crippen LogP contribution in [0.15, 0.2) is 58.5 Å². The van der Waals surface area contributed by atoms with Gasteiger partial charge in [0.05, 0.1) is 22.9 Å². The summed E-state index contributed by atoms with van der Waals surface area (Å²) in [6.07, 6.45) is -4.80. The van der Waals surface area contributed by atoms with Crippen LogP contribution in [0.3, 0.4) is 0 Å². The van der Waals surface area contributed by atoms with E-state index in [2.05, 4.69) is 9.72 Å². The predicted octanol–water partition coefficient (Wildman–Crippen LogP) is 5.11. The number of aromatic nitrogens is 2. The Labute approximate surface area is 170 Å². The molecule has 4 aromatic rings. The van der Waals surface area contributed by atoms with Gasteiger partial charge in [0.1, 0.15) is 10.6 Å². The first-order valence-corrected chi connectivity index (χ1v) is 9.98. The number of thiophene rings is 1. The van der Waals surface area contributed by atoms with Crippen molar-refractivity contribution in [1.82, 2.24) is 9.55 Å². The summed E-state index contributed by atoms with van der Waals surface area (Å²) in [5, 5.41) is 10.4. The van der Waals surface area contributed by atoms with Crippen molar-refractivity contribution in [3.05, 3.63) is 58.9 Å². The molecule has 0 saturated carbocycles. The van der Waals surface area contributed by atoms with Crippen LogP contribution in [-0.4, -0.2) is 21.7 Å². The minimum atomic E-state index is -4.80. The summed E-state index contributed by atoms with van der Waals surface area (Å²) in [5.41, 5.74) is -0.0213. The van der Waals surface area contributed by atoms with E-state index in [0.29, 0.717) is 21.1 Å². The van der Waals surface area contributed by atoms with E-state index >= 15 is 0 Å². The molecule has 0 aliphatic rings. The summed E-state index contributed by atoms with van der Waals surface area (Å²) >= 11 is 2.45. The van der Waals surface area contributed by atoms with E-state index in [-0.39, 0.29) is 11.3 Å². The molecule has 0 atom stereocenters. The van der Waals surface area contributed by atoms with Crippen molar-refractivity contribution in [3.63, 3.8) is 0 Å². The third-order valence-corrected chi connectivity index (χ3v) is 5.85. The van der Waals surface area contributed by atoms with E-state index < -0.39 is 12.1 Å². The quantitative estimate of drug-likeness (QED) is 0.330. The van der Waals surface area contributed by atoms with Gasteiger partial charge in [-0.3, -0.25) is 9.36 Å². The van der Waals surface area contributed by atoms with Crippen molar-refractivity contribution in [3.8, 4) is 17.5 Å². The average Bonchev–Trinajstić information content (AvgIpc) is 3.04. The minimum absolute atomic E-state index is 0.0676. The Morgan fingerprint density at radius 1 is 1.17 bits per heavy atom. The molecule has 0 amide bonds. The summed E-state index contributed by atoms with van der Waals surface area (Å²) in [6, 6.07) is 14.3. The Bertz CT molecular complexity index is 1310. The van der Waals surface area contributed by atoms with Crippen LogP contribution in [0.5, 0.6) is 5.75 Å². The highest BCUT2D eigenvalue weighted by Crippen LogP contribution is 2.33. The third kappa shape index (κ3) is 3.79. The number of benzene rings is 2. The maximum absolute atomic E-state index is 13.3. The van der Waals surface area contributed by atoms with Crippen molar-refractivity contribution < 1.29 is 17.9 Å². The highest BCUT2D eigenvalue weighted by Gasteiger charge is 2.31. The van der Waals surface area contributed by atoms with Crippen molar-refractivity contribution >= 4 is 43.4 Å². The average molecular weight is 433 g/mol. The van der Waals surface area contributed by atoms with Gasteiger partial charge >= 0.3 is 6.36 Å². The summed E-state index contributed by atoms with van der Waals surface area (Å²) in [4.78, 5) is 18.4. The summed E-state index contributed by atoms with van der Waals surface area (Å²) in [7, 11) is 0. The molecule has 2 aromatic carbocycles. The fourth-order valence-corrected chi connectivity index (χ4v) is 4.66. The standard InChI is InChI=1S/C19H10F3N3O2S2/c20-19(21,22)27-12-7-5-11(6-8-12)25-17(26)15-13-3-1-2-4-14(13)29-16(15)24-18(25)28-10-9-23/h1-8H,10H2. The van der Waals surface area contributed by atoms with E-state index in [1.807, 2.05) is 30.3 Å². The van der Waals surface area contributed by atoms with Crippen LogP contribution in [-0.2, 0) is 0 Å². The second-order valence-corrected chi connectivity index (χ2v) is 7.77. The Hall–Kier alpha value is -3.03. The maximum atomic E-state index is 13.3. The molecule has 0 fully saturated rings. The highest BCUT2D eigenvalue weighted by atomic mass is 32.2. The van der Waals surface area contributed by atoms with Crippen molar-refractivity contribution in [1.29, 1.82) is 5.26 Å². The first-order valence-electron chi connectivity index (χ1n) is 8.17. The molecule has 5 nitrogen and oxygen atoms in total. The molecule has 0 aliphatic carbocycles. The number of nitrogens with zero attached hydrogens (tertiary/aromatic N) is 3. The predicted molar refractivity (Wildman–Crippen MR) is 106 cm³/mol. The molecule has 0 N–H and O–H groups in total. The molecule has 10 heteroatoms. The molecule has 0 radical (unpaired) electrons. The lowest BCUT2D eigenvalue weighted by Gasteiger charge is -2.13. The highest BCUT2D eigenvalue weighted by molar-refractivity contribution is 7.99. The van der Waals surface area contributed by atoms with Gasteiger partial charge in [-0.15, -0.1) is 24.5 Å². The van der Waals surface area contributed by atoms with Crippen LogP contribution >= 0.6 is 23.1 Å². The second kappa shape index (κ2) is 7.42. The Morgan fingerprint density at radius 3 is 2.59 bits per heavy atom. The Balaban J connectivity index is 1.91. The van der Waals surface area contributed by atoms with Crippen molar-refractivity contribution in [2.75, 3.05) is 5.75 Å². The van der Waals surface area contributed by atoms with Crippen LogP contribution in [0.25, 0.3) is 26.0 Å². The zero-order valence-electron chi connectivity index (χ0n) is 14.4. The SMILES string of the molecule is N#CCSc1nc2sc3ccccc3c2c(=O)n1-c1ccc(OC(F)(F)F)cc1. The summed E-state index contributed by atoms with van der Waals surface area (Å²) in [6.45, 7) is 0. The normalized spacial score (nSPS) is 11.7. The van der Waals surface area contributed by atoms with Gasteiger partial charge in [-0.1, -0.05) is 30.0 Å². The summed E-state index contributed by atoms with van der Waals surface area (Å²) in [5.74, 6) is -0.325. The van der Waals surface area contributed by atoms with Gasteiger partial charge in [0.2, 0.25) is 0 Å². The van der Waals surface area contributed by atoms with Gasteiger partial charge in [0.25, 0.3) is 5.56 Å². The summed E-state index contributed by atoms with van der Waals surface area (Å²) < 4.78 is 43.3. The molecular formula is C19H10F3N3O2S2. The third-order valence-electron chi connectivity index (χ3n) is 3.98. The van der Waals surface area contributed by atoms with E-state index in [4.69, 9.17) is 5.26 Å². The van der Waals surface area contributed by atoms with Crippen LogP contribution in [0.4, 0.5) is 13.2 Å². The van der Waals surface area contributed by atoms with E-state index in [1.165, 1.54) is 28.0 Å². The molecule has 29 heavy (non-hydrogen) atoms. The number of rotatable bonds is 4. The second-order valence-electron chi connectivity index (χ2n) is 5.80. The molecule has 146 valence electrons. The molecule has 0 spiro atoms. The minimum Gasteiger partial charge on any atom is -0.406 e. The van der Waals surface area contributed by atoms with Gasteiger partial charge in [0, 0.05) is 10.1 Å². The molecule has 2 aromatic heterocycles. The van der Waals surface area contributed by atoms with Crippen LogP contribution in [0, 0.1) is 11.3 Å². The molecule has 2 heterocycles. The number of hydrogen-bond donors (Lipinski definition) is 0. The first-order chi connectivity index (χ1) is 13.9. The zero-order chi connectivity index (χ0) is 20.6. The van der Waals surface area contributed by atoms with Gasteiger partial charge in [-0.2, -0.15) is 5.26 Å². The van der Waals surface area contributed by atoms with Crippen molar-refractivity contribution in [2.45, 2.75) is 11.5 Å². The fourth-order valence-electron chi connectivity index (χ4n) is 2.87. The maximum Gasteiger partial charge on any atom is 0.573 e. The van der Waals surface area contributed by atoms with Crippen LogP contribution < -0.4 is 10.3 Å². The lowest BCUT2D eigenvalue weighted by molar-refractivity contribution is -0.274. The van der Waals surface area contributed by atoms with E-state index in [9.17, 15) is 18.0 Å². The molecular weight excluding hydrogens is 423 g/mol. The number of fused-ring (bicyclic) bond motifs is 3. The molecule has 0 bridgehead atoms.